The molecule has 0 aromatic carbocycles. The van der Waals surface area contributed by atoms with Gasteiger partial charge in [-0.05, 0) is 42.7 Å². The number of halogens is 2. The lowest BCUT2D eigenvalue weighted by Crippen LogP contribution is -2.22. The summed E-state index contributed by atoms with van der Waals surface area (Å²) in [6, 6.07) is 0. The van der Waals surface area contributed by atoms with Gasteiger partial charge in [-0.2, -0.15) is 0 Å². The monoisotopic (exact) mass is 364 g/mol. The van der Waals surface area contributed by atoms with E-state index in [1.54, 1.807) is 0 Å². The first-order valence-electron chi connectivity index (χ1n) is 7.42. The summed E-state index contributed by atoms with van der Waals surface area (Å²) >= 11 is 12.6. The van der Waals surface area contributed by atoms with Crippen LogP contribution in [0.2, 0.25) is 0 Å². The number of hydrogen-bond donors (Lipinski definition) is 2. The van der Waals surface area contributed by atoms with Crippen LogP contribution in [0.15, 0.2) is 81.8 Å². The van der Waals surface area contributed by atoms with Gasteiger partial charge in [0.05, 0.1) is 11.4 Å². The summed E-state index contributed by atoms with van der Waals surface area (Å²) in [7, 11) is 0. The molecule has 2 aliphatic rings. The van der Waals surface area contributed by atoms with Crippen LogP contribution in [-0.4, -0.2) is 22.5 Å². The molecule has 0 saturated heterocycles. The largest absolute Gasteiger partial charge is 0.478 e. The van der Waals surface area contributed by atoms with Crippen molar-refractivity contribution in [1.82, 2.24) is 4.90 Å². The number of hydrogen-bond acceptors (Lipinski definition) is 3. The van der Waals surface area contributed by atoms with E-state index < -0.39 is 5.97 Å². The molecule has 0 radical (unpaired) electrons. The topological polar surface area (TPSA) is 66.6 Å². The van der Waals surface area contributed by atoms with E-state index in [0.29, 0.717) is 28.7 Å². The van der Waals surface area contributed by atoms with Gasteiger partial charge in [0.25, 0.3) is 0 Å². The molecule has 0 aromatic heterocycles. The van der Waals surface area contributed by atoms with Gasteiger partial charge in [-0.15, -0.1) is 0 Å². The molecule has 6 heteroatoms. The first-order chi connectivity index (χ1) is 11.5. The molecule has 126 valence electrons. The fourth-order valence-electron chi connectivity index (χ4n) is 2.33. The predicted octanol–water partition coefficient (Wildman–Crippen LogP) is 4.15. The zero-order valence-corrected chi connectivity index (χ0v) is 14.5. The fraction of sp³-hybridized carbons (Fsp3) is 0.167. The summed E-state index contributed by atoms with van der Waals surface area (Å²) in [5.74, 6) is -1.04. The average Bonchev–Trinajstić information content (AvgIpc) is 2.72. The van der Waals surface area contributed by atoms with Gasteiger partial charge in [0.2, 0.25) is 0 Å². The van der Waals surface area contributed by atoms with Gasteiger partial charge in [-0.1, -0.05) is 41.4 Å². The van der Waals surface area contributed by atoms with Gasteiger partial charge in [0, 0.05) is 28.9 Å². The summed E-state index contributed by atoms with van der Waals surface area (Å²) in [4.78, 5) is 12.6. The van der Waals surface area contributed by atoms with E-state index in [4.69, 9.17) is 34.0 Å². The van der Waals surface area contributed by atoms with Gasteiger partial charge in [-0.3, -0.25) is 0 Å². The van der Waals surface area contributed by atoms with Crippen LogP contribution in [0, 0.1) is 0 Å². The van der Waals surface area contributed by atoms with Crippen molar-refractivity contribution in [3.8, 4) is 0 Å². The Morgan fingerprint density at radius 3 is 2.83 bits per heavy atom. The van der Waals surface area contributed by atoms with E-state index in [1.807, 2.05) is 47.6 Å². The highest BCUT2D eigenvalue weighted by Crippen LogP contribution is 2.29. The van der Waals surface area contributed by atoms with Crippen molar-refractivity contribution < 1.29 is 9.90 Å². The smallest absolute Gasteiger partial charge is 0.328 e. The second-order valence-corrected chi connectivity index (χ2v) is 5.99. The lowest BCUT2D eigenvalue weighted by atomic mass is 10.1. The number of rotatable bonds is 5. The molecule has 0 amide bonds. The zero-order valence-electron chi connectivity index (χ0n) is 13.0. The van der Waals surface area contributed by atoms with Crippen LogP contribution in [0.1, 0.15) is 12.8 Å². The quantitative estimate of drug-likeness (QED) is 0.719. The number of nitrogens with two attached hydrogens (primary N) is 1. The maximum absolute atomic E-state index is 10.6. The van der Waals surface area contributed by atoms with E-state index in [1.165, 1.54) is 6.08 Å². The van der Waals surface area contributed by atoms with Crippen LogP contribution in [0.5, 0.6) is 0 Å². The van der Waals surface area contributed by atoms with E-state index in [9.17, 15) is 4.79 Å². The van der Waals surface area contributed by atoms with Crippen LogP contribution in [0.4, 0.5) is 0 Å². The maximum atomic E-state index is 10.6. The second kappa shape index (κ2) is 8.62. The summed E-state index contributed by atoms with van der Waals surface area (Å²) in [5.41, 5.74) is 7.98. The Morgan fingerprint density at radius 1 is 1.29 bits per heavy atom. The summed E-state index contributed by atoms with van der Waals surface area (Å²) < 4.78 is 0. The first kappa shape index (κ1) is 18.2. The summed E-state index contributed by atoms with van der Waals surface area (Å²) in [5, 5.41) is 10.0. The average molecular weight is 365 g/mol. The molecule has 0 saturated carbocycles. The van der Waals surface area contributed by atoms with E-state index >= 15 is 0 Å². The number of carboxylic acid groups (broad SMARTS) is 1. The Labute approximate surface area is 151 Å². The molecular weight excluding hydrogens is 347 g/mol. The van der Waals surface area contributed by atoms with Crippen LogP contribution >= 0.6 is 23.2 Å². The summed E-state index contributed by atoms with van der Waals surface area (Å²) in [6.45, 7) is 0.612. The normalized spacial score (nSPS) is 19.8. The lowest BCUT2D eigenvalue weighted by molar-refractivity contribution is -0.131. The Morgan fingerprint density at radius 2 is 2.08 bits per heavy atom. The fourth-order valence-corrected chi connectivity index (χ4v) is 2.95. The van der Waals surface area contributed by atoms with Gasteiger partial charge in [-0.25, -0.2) is 4.79 Å². The van der Waals surface area contributed by atoms with Crippen molar-refractivity contribution in [3.05, 3.63) is 81.8 Å². The van der Waals surface area contributed by atoms with Crippen molar-refractivity contribution in [3.63, 3.8) is 0 Å². The second-order valence-electron chi connectivity index (χ2n) is 5.17. The molecule has 24 heavy (non-hydrogen) atoms. The Hall–Kier alpha value is -2.17. The molecule has 1 aliphatic heterocycles. The molecule has 1 aliphatic carbocycles. The number of nitrogens with zero attached hydrogens (tertiary/aromatic N) is 1. The molecular formula is C18H18Cl2N2O2. The molecule has 0 atom stereocenters. The molecule has 0 spiro atoms. The maximum Gasteiger partial charge on any atom is 0.328 e. The van der Waals surface area contributed by atoms with Gasteiger partial charge in [0.1, 0.15) is 0 Å². The minimum atomic E-state index is -1.04. The molecule has 2 rings (SSSR count). The predicted molar refractivity (Wildman–Crippen MR) is 98.2 cm³/mol. The van der Waals surface area contributed by atoms with Gasteiger partial charge < -0.3 is 15.7 Å². The Kier molecular flexibility index (Phi) is 6.53. The highest BCUT2D eigenvalue weighted by atomic mass is 35.5. The molecule has 0 unspecified atom stereocenters. The number of carbonyl (C=O) groups is 1. The zero-order chi connectivity index (χ0) is 17.5. The third kappa shape index (κ3) is 4.91. The van der Waals surface area contributed by atoms with E-state index in [0.717, 1.165) is 23.8 Å². The van der Waals surface area contributed by atoms with Gasteiger partial charge >= 0.3 is 5.97 Å². The standard InChI is InChI=1S/C18H18Cl2N2O2/c19-14-5-1-2-6-15(20)13(14)10-12-22-11-4-3-7-17(22)16(21)8-9-18(23)24/h1,3-9,11H,2,10,12,21H2,(H,23,24)/b9-8+,17-16-. The first-order valence-corrected chi connectivity index (χ1v) is 8.18. The molecule has 1 heterocycles. The van der Waals surface area contributed by atoms with Crippen molar-refractivity contribution in [2.24, 2.45) is 5.73 Å². The molecule has 0 aromatic rings. The number of aliphatic carboxylic acids is 1. The number of allylic oxidation sites excluding steroid dienone is 9. The molecule has 0 bridgehead atoms. The van der Waals surface area contributed by atoms with Crippen LogP contribution < -0.4 is 5.73 Å². The molecule has 3 N–H and O–H groups in total. The SMILES string of the molecule is NC(/C=C/C(=O)O)=C1/C=CC=CN1CCC1=C(Cl)C=CCC=C1Cl. The van der Waals surface area contributed by atoms with Crippen molar-refractivity contribution >= 4 is 29.2 Å². The van der Waals surface area contributed by atoms with E-state index in [2.05, 4.69) is 0 Å². The van der Waals surface area contributed by atoms with Gasteiger partial charge in [0.15, 0.2) is 0 Å². The highest BCUT2D eigenvalue weighted by molar-refractivity contribution is 6.36. The highest BCUT2D eigenvalue weighted by Gasteiger charge is 2.14. The molecule has 0 fully saturated rings. The van der Waals surface area contributed by atoms with Crippen molar-refractivity contribution in [1.29, 1.82) is 0 Å². The van der Waals surface area contributed by atoms with Crippen molar-refractivity contribution in [2.45, 2.75) is 12.8 Å². The minimum absolute atomic E-state index is 0.375. The third-order valence-corrected chi connectivity index (χ3v) is 4.26. The van der Waals surface area contributed by atoms with Crippen LogP contribution in [0.25, 0.3) is 0 Å². The summed E-state index contributed by atoms with van der Waals surface area (Å²) in [6.07, 6.45) is 17.0. The van der Waals surface area contributed by atoms with Crippen LogP contribution in [0.3, 0.4) is 0 Å². The lowest BCUT2D eigenvalue weighted by Gasteiger charge is -2.25. The Balaban J connectivity index is 2.17. The van der Waals surface area contributed by atoms with E-state index in [-0.39, 0.29) is 0 Å². The number of carboxylic acids is 1. The van der Waals surface area contributed by atoms with Crippen molar-refractivity contribution in [2.75, 3.05) is 6.54 Å². The third-order valence-electron chi connectivity index (χ3n) is 3.52. The Bertz CT molecular complexity index is 725. The van der Waals surface area contributed by atoms with Crippen LogP contribution in [-0.2, 0) is 4.79 Å². The minimum Gasteiger partial charge on any atom is -0.478 e. The molecule has 4 nitrogen and oxygen atoms in total.